The molecule has 0 atom stereocenters. The smallest absolute Gasteiger partial charge is 0.321 e. The molecule has 6 nitrogen and oxygen atoms in total. The van der Waals surface area contributed by atoms with E-state index in [2.05, 4.69) is 17.1 Å². The van der Waals surface area contributed by atoms with Crippen molar-refractivity contribution in [3.05, 3.63) is 72.2 Å². The molecule has 0 aliphatic carbocycles. The monoisotopic (exact) mass is 431 g/mol. The molecule has 2 aromatic heterocycles. The average molecular weight is 432 g/mol. The average Bonchev–Trinajstić information content (AvgIpc) is 3.16. The van der Waals surface area contributed by atoms with Gasteiger partial charge in [-0.1, -0.05) is 25.1 Å². The second-order valence-electron chi connectivity index (χ2n) is 8.10. The summed E-state index contributed by atoms with van der Waals surface area (Å²) in [5.41, 5.74) is 4.48. The predicted octanol–water partition coefficient (Wildman–Crippen LogP) is 4.93. The molecule has 0 saturated carbocycles. The van der Waals surface area contributed by atoms with Gasteiger partial charge in [0.15, 0.2) is 5.82 Å². The zero-order chi connectivity index (χ0) is 22.1. The number of amides is 2. The maximum Gasteiger partial charge on any atom is 0.321 e. The number of benzene rings is 2. The van der Waals surface area contributed by atoms with E-state index in [1.807, 2.05) is 51.9 Å². The molecule has 1 aliphatic heterocycles. The van der Waals surface area contributed by atoms with Crippen molar-refractivity contribution < 1.29 is 9.18 Å². The van der Waals surface area contributed by atoms with E-state index in [1.165, 1.54) is 12.1 Å². The van der Waals surface area contributed by atoms with E-state index in [0.29, 0.717) is 25.2 Å². The van der Waals surface area contributed by atoms with Gasteiger partial charge in [-0.3, -0.25) is 0 Å². The van der Waals surface area contributed by atoms with Gasteiger partial charge >= 0.3 is 6.03 Å². The van der Waals surface area contributed by atoms with Gasteiger partial charge in [0.1, 0.15) is 5.82 Å². The lowest BCUT2D eigenvalue weighted by Crippen LogP contribution is -2.38. The maximum absolute atomic E-state index is 13.9. The molecule has 32 heavy (non-hydrogen) atoms. The fourth-order valence-corrected chi connectivity index (χ4v) is 4.44. The molecule has 2 aromatic carbocycles. The van der Waals surface area contributed by atoms with Crippen molar-refractivity contribution in [2.45, 2.75) is 19.8 Å². The Balaban J connectivity index is 1.38. The Labute approximate surface area is 186 Å². The van der Waals surface area contributed by atoms with Gasteiger partial charge in [-0.2, -0.15) is 0 Å². The third-order valence-corrected chi connectivity index (χ3v) is 6.12. The summed E-state index contributed by atoms with van der Waals surface area (Å²) >= 11 is 0. The van der Waals surface area contributed by atoms with E-state index in [9.17, 15) is 9.18 Å². The SMILES string of the molecule is CCc1ccccc1NC(=O)N1CCCN(c2nc3cc(F)ccc3n3cccc23)CC1. The standard InChI is InChI=1S/C25H26FN5O/c1-2-18-7-3-4-8-20(18)28-25(32)30-13-6-12-29(15-16-30)24-23-9-5-14-31(23)22-11-10-19(26)17-21(22)27-24/h3-5,7-11,14,17H,2,6,12-13,15-16H2,1H3,(H,28,32). The fourth-order valence-electron chi connectivity index (χ4n) is 4.44. The summed E-state index contributed by atoms with van der Waals surface area (Å²) < 4.78 is 15.9. The minimum Gasteiger partial charge on any atom is -0.353 e. The number of halogens is 1. The van der Waals surface area contributed by atoms with Crippen molar-refractivity contribution in [1.82, 2.24) is 14.3 Å². The van der Waals surface area contributed by atoms with Gasteiger partial charge in [-0.15, -0.1) is 0 Å². The molecule has 4 aromatic rings. The molecule has 7 heteroatoms. The second-order valence-corrected chi connectivity index (χ2v) is 8.10. The minimum absolute atomic E-state index is 0.0749. The van der Waals surface area contributed by atoms with E-state index >= 15 is 0 Å². The summed E-state index contributed by atoms with van der Waals surface area (Å²) in [6.07, 6.45) is 3.67. The molecular formula is C25H26FN5O. The van der Waals surface area contributed by atoms with E-state index in [1.54, 1.807) is 6.07 Å². The number of carbonyl (C=O) groups excluding carboxylic acids is 1. The number of aryl methyl sites for hydroxylation is 1. The van der Waals surface area contributed by atoms with Crippen LogP contribution in [0.3, 0.4) is 0 Å². The number of fused-ring (bicyclic) bond motifs is 3. The molecule has 1 N–H and O–H groups in total. The van der Waals surface area contributed by atoms with Crippen LogP contribution < -0.4 is 10.2 Å². The first kappa shape index (κ1) is 20.3. The van der Waals surface area contributed by atoms with Crippen LogP contribution in [0.25, 0.3) is 16.6 Å². The van der Waals surface area contributed by atoms with Gasteiger partial charge in [0.2, 0.25) is 0 Å². The van der Waals surface area contributed by atoms with Crippen molar-refractivity contribution in [1.29, 1.82) is 0 Å². The number of nitrogens with one attached hydrogen (secondary N) is 1. The van der Waals surface area contributed by atoms with E-state index < -0.39 is 0 Å². The summed E-state index contributed by atoms with van der Waals surface area (Å²) in [5, 5.41) is 3.08. The lowest BCUT2D eigenvalue weighted by Gasteiger charge is -2.24. The quantitative estimate of drug-likeness (QED) is 0.500. The van der Waals surface area contributed by atoms with Gasteiger partial charge in [0.25, 0.3) is 0 Å². The molecule has 0 radical (unpaired) electrons. The number of anilines is 2. The maximum atomic E-state index is 13.9. The summed E-state index contributed by atoms with van der Waals surface area (Å²) in [7, 11) is 0. The molecule has 0 unspecified atom stereocenters. The molecular weight excluding hydrogens is 405 g/mol. The van der Waals surface area contributed by atoms with Gasteiger partial charge < -0.3 is 19.5 Å². The fraction of sp³-hybridized carbons (Fsp3) is 0.280. The highest BCUT2D eigenvalue weighted by Crippen LogP contribution is 2.27. The first-order chi connectivity index (χ1) is 15.6. The Morgan fingerprint density at radius 1 is 1.03 bits per heavy atom. The van der Waals surface area contributed by atoms with E-state index in [0.717, 1.165) is 47.5 Å². The zero-order valence-corrected chi connectivity index (χ0v) is 18.1. The largest absolute Gasteiger partial charge is 0.353 e. The Hall–Kier alpha value is -3.61. The minimum atomic E-state index is -0.298. The van der Waals surface area contributed by atoms with Crippen LogP contribution in [0.15, 0.2) is 60.8 Å². The summed E-state index contributed by atoms with van der Waals surface area (Å²) in [6.45, 7) is 4.80. The highest BCUT2D eigenvalue weighted by atomic mass is 19.1. The number of aromatic nitrogens is 2. The Morgan fingerprint density at radius 2 is 1.91 bits per heavy atom. The summed E-state index contributed by atoms with van der Waals surface area (Å²) in [6, 6.07) is 16.5. The van der Waals surface area contributed by atoms with Crippen LogP contribution >= 0.6 is 0 Å². The molecule has 1 fully saturated rings. The van der Waals surface area contributed by atoms with E-state index in [-0.39, 0.29) is 11.8 Å². The van der Waals surface area contributed by atoms with E-state index in [4.69, 9.17) is 4.98 Å². The Bertz CT molecular complexity index is 1280. The summed E-state index contributed by atoms with van der Waals surface area (Å²) in [5.74, 6) is 0.528. The normalized spacial score (nSPS) is 14.7. The first-order valence-corrected chi connectivity index (χ1v) is 11.1. The third-order valence-electron chi connectivity index (χ3n) is 6.12. The van der Waals surface area contributed by atoms with Gasteiger partial charge in [0.05, 0.1) is 16.6 Å². The van der Waals surface area contributed by atoms with Gasteiger partial charge in [0, 0.05) is 44.1 Å². The predicted molar refractivity (Wildman–Crippen MR) is 126 cm³/mol. The molecule has 164 valence electrons. The molecule has 0 spiro atoms. The number of nitrogens with zero attached hydrogens (tertiary/aromatic N) is 4. The number of hydrogen-bond acceptors (Lipinski definition) is 3. The molecule has 5 rings (SSSR count). The molecule has 2 amide bonds. The highest BCUT2D eigenvalue weighted by molar-refractivity contribution is 5.90. The second kappa shape index (κ2) is 8.49. The Morgan fingerprint density at radius 3 is 2.78 bits per heavy atom. The van der Waals surface area contributed by atoms with Crippen LogP contribution in [0.2, 0.25) is 0 Å². The first-order valence-electron chi connectivity index (χ1n) is 11.1. The van der Waals surface area contributed by atoms with Crippen molar-refractivity contribution in [2.24, 2.45) is 0 Å². The lowest BCUT2D eigenvalue weighted by molar-refractivity contribution is 0.215. The van der Waals surface area contributed by atoms with Crippen LogP contribution in [0.4, 0.5) is 20.7 Å². The molecule has 1 aliphatic rings. The number of para-hydroxylation sites is 1. The number of urea groups is 1. The number of rotatable bonds is 3. The van der Waals surface area contributed by atoms with Crippen molar-refractivity contribution >= 4 is 34.1 Å². The third kappa shape index (κ3) is 3.75. The lowest BCUT2D eigenvalue weighted by atomic mass is 10.1. The number of hydrogen-bond donors (Lipinski definition) is 1. The molecule has 1 saturated heterocycles. The zero-order valence-electron chi connectivity index (χ0n) is 18.1. The van der Waals surface area contributed by atoms with Gasteiger partial charge in [-0.25, -0.2) is 14.2 Å². The van der Waals surface area contributed by atoms with Crippen LogP contribution in [0.5, 0.6) is 0 Å². The van der Waals surface area contributed by atoms with Crippen LogP contribution in [-0.4, -0.2) is 46.5 Å². The van der Waals surface area contributed by atoms with Crippen LogP contribution in [0, 0.1) is 5.82 Å². The van der Waals surface area contributed by atoms with Crippen molar-refractivity contribution in [3.8, 4) is 0 Å². The van der Waals surface area contributed by atoms with Crippen LogP contribution in [0.1, 0.15) is 18.9 Å². The summed E-state index contributed by atoms with van der Waals surface area (Å²) in [4.78, 5) is 21.8. The van der Waals surface area contributed by atoms with Crippen molar-refractivity contribution in [3.63, 3.8) is 0 Å². The van der Waals surface area contributed by atoms with Crippen LogP contribution in [-0.2, 0) is 6.42 Å². The van der Waals surface area contributed by atoms with Crippen molar-refractivity contribution in [2.75, 3.05) is 36.4 Å². The topological polar surface area (TPSA) is 52.9 Å². The molecule has 0 bridgehead atoms. The number of carbonyl (C=O) groups is 1. The Kier molecular flexibility index (Phi) is 5.39. The highest BCUT2D eigenvalue weighted by Gasteiger charge is 2.22. The van der Waals surface area contributed by atoms with Gasteiger partial charge in [-0.05, 0) is 48.7 Å². The molecule has 3 heterocycles.